The number of rotatable bonds is 2. The van der Waals surface area contributed by atoms with Gasteiger partial charge in [-0.3, -0.25) is 4.79 Å². The average Bonchev–Trinajstić information content (AvgIpc) is 2.72. The van der Waals surface area contributed by atoms with Crippen molar-refractivity contribution in [2.75, 3.05) is 5.32 Å². The van der Waals surface area contributed by atoms with Crippen LogP contribution in [0.2, 0.25) is 10.0 Å². The normalized spacial score (nSPS) is 10.3. The predicted molar refractivity (Wildman–Crippen MR) is 67.9 cm³/mol. The molecular formula is C12H9Cl2NO2. The Hall–Kier alpha value is -1.45. The van der Waals surface area contributed by atoms with Crippen LogP contribution in [0.4, 0.5) is 5.69 Å². The van der Waals surface area contributed by atoms with Gasteiger partial charge >= 0.3 is 0 Å². The number of nitrogens with one attached hydrogen (secondary N) is 1. The number of hydrogen-bond acceptors (Lipinski definition) is 2. The molecule has 0 radical (unpaired) electrons. The maximum atomic E-state index is 11.8. The summed E-state index contributed by atoms with van der Waals surface area (Å²) in [5.74, 6) is 0.549. The fraction of sp³-hybridized carbons (Fsp3) is 0.0833. The molecule has 5 heteroatoms. The summed E-state index contributed by atoms with van der Waals surface area (Å²) in [5.41, 5.74) is 0.457. The topological polar surface area (TPSA) is 42.2 Å². The van der Waals surface area contributed by atoms with Crippen molar-refractivity contribution in [2.24, 2.45) is 0 Å². The lowest BCUT2D eigenvalue weighted by molar-refractivity contribution is 0.0995. The van der Waals surface area contributed by atoms with E-state index in [1.54, 1.807) is 37.3 Å². The van der Waals surface area contributed by atoms with Gasteiger partial charge in [0.2, 0.25) is 0 Å². The molecule has 1 aromatic heterocycles. The summed E-state index contributed by atoms with van der Waals surface area (Å²) >= 11 is 11.8. The van der Waals surface area contributed by atoms with Crippen LogP contribution in [-0.2, 0) is 0 Å². The number of anilines is 1. The quantitative estimate of drug-likeness (QED) is 0.890. The number of carbonyl (C=O) groups excluding carboxylic acids is 1. The number of halogens is 2. The molecule has 0 unspecified atom stereocenters. The number of benzene rings is 1. The zero-order valence-corrected chi connectivity index (χ0v) is 10.5. The Labute approximate surface area is 108 Å². The van der Waals surface area contributed by atoms with E-state index in [4.69, 9.17) is 27.6 Å². The maximum absolute atomic E-state index is 11.8. The number of furan rings is 1. The van der Waals surface area contributed by atoms with E-state index in [1.807, 2.05) is 0 Å². The van der Waals surface area contributed by atoms with Crippen LogP contribution in [-0.4, -0.2) is 5.91 Å². The molecular weight excluding hydrogens is 261 g/mol. The zero-order chi connectivity index (χ0) is 12.4. The van der Waals surface area contributed by atoms with Gasteiger partial charge in [-0.25, -0.2) is 0 Å². The smallest absolute Gasteiger partial charge is 0.291 e. The molecule has 1 aromatic carbocycles. The summed E-state index contributed by atoms with van der Waals surface area (Å²) in [6, 6.07) is 8.34. The number of hydrogen-bond donors (Lipinski definition) is 1. The Kier molecular flexibility index (Phi) is 3.41. The second-order valence-electron chi connectivity index (χ2n) is 3.47. The van der Waals surface area contributed by atoms with Crippen LogP contribution < -0.4 is 5.32 Å². The van der Waals surface area contributed by atoms with Crippen molar-refractivity contribution < 1.29 is 9.21 Å². The van der Waals surface area contributed by atoms with Gasteiger partial charge in [0.1, 0.15) is 5.76 Å². The molecule has 0 saturated heterocycles. The maximum Gasteiger partial charge on any atom is 0.291 e. The first kappa shape index (κ1) is 12.0. The van der Waals surface area contributed by atoms with Crippen molar-refractivity contribution in [1.29, 1.82) is 0 Å². The van der Waals surface area contributed by atoms with E-state index in [-0.39, 0.29) is 11.7 Å². The highest BCUT2D eigenvalue weighted by Gasteiger charge is 2.12. The molecule has 0 atom stereocenters. The van der Waals surface area contributed by atoms with Crippen LogP contribution in [0.1, 0.15) is 16.3 Å². The molecule has 3 nitrogen and oxygen atoms in total. The minimum Gasteiger partial charge on any atom is -0.456 e. The van der Waals surface area contributed by atoms with Gasteiger partial charge in [0, 0.05) is 0 Å². The lowest BCUT2D eigenvalue weighted by Crippen LogP contribution is -2.11. The van der Waals surface area contributed by atoms with E-state index in [0.717, 1.165) is 0 Å². The Bertz CT molecular complexity index is 563. The average molecular weight is 270 g/mol. The Morgan fingerprint density at radius 1 is 1.24 bits per heavy atom. The first-order valence-electron chi connectivity index (χ1n) is 4.90. The third-order valence-corrected chi connectivity index (χ3v) is 2.98. The van der Waals surface area contributed by atoms with E-state index in [0.29, 0.717) is 21.5 Å². The van der Waals surface area contributed by atoms with Crippen LogP contribution in [0.25, 0.3) is 0 Å². The third kappa shape index (κ3) is 2.62. The molecule has 2 aromatic rings. The molecule has 2 rings (SSSR count). The molecule has 0 spiro atoms. The summed E-state index contributed by atoms with van der Waals surface area (Å²) in [7, 11) is 0. The third-order valence-electron chi connectivity index (χ3n) is 2.16. The van der Waals surface area contributed by atoms with E-state index in [2.05, 4.69) is 5.32 Å². The molecule has 0 fully saturated rings. The molecule has 1 N–H and O–H groups in total. The van der Waals surface area contributed by atoms with Gasteiger partial charge in [0.25, 0.3) is 5.91 Å². The molecule has 0 aliphatic heterocycles. The van der Waals surface area contributed by atoms with Gasteiger partial charge in [-0.2, -0.15) is 0 Å². The fourth-order valence-electron chi connectivity index (χ4n) is 1.34. The monoisotopic (exact) mass is 269 g/mol. The summed E-state index contributed by atoms with van der Waals surface area (Å²) < 4.78 is 5.20. The molecule has 0 saturated carbocycles. The van der Waals surface area contributed by atoms with Gasteiger partial charge in [0.05, 0.1) is 15.7 Å². The van der Waals surface area contributed by atoms with Crippen molar-refractivity contribution in [3.8, 4) is 0 Å². The fourth-order valence-corrected chi connectivity index (χ4v) is 1.69. The SMILES string of the molecule is Cc1ccc(C(=O)Nc2cccc(Cl)c2Cl)o1. The summed E-state index contributed by atoms with van der Waals surface area (Å²) in [5, 5.41) is 3.33. The second kappa shape index (κ2) is 4.82. The molecule has 88 valence electrons. The molecule has 0 aliphatic carbocycles. The number of aryl methyl sites for hydroxylation is 1. The second-order valence-corrected chi connectivity index (χ2v) is 4.25. The highest BCUT2D eigenvalue weighted by atomic mass is 35.5. The molecule has 1 heterocycles. The number of carbonyl (C=O) groups is 1. The van der Waals surface area contributed by atoms with Crippen LogP contribution in [0, 0.1) is 6.92 Å². The van der Waals surface area contributed by atoms with Gasteiger partial charge < -0.3 is 9.73 Å². The first-order valence-corrected chi connectivity index (χ1v) is 5.65. The highest BCUT2D eigenvalue weighted by Crippen LogP contribution is 2.29. The van der Waals surface area contributed by atoms with Crippen molar-refractivity contribution in [3.63, 3.8) is 0 Å². The zero-order valence-electron chi connectivity index (χ0n) is 8.96. The minimum absolute atomic E-state index is 0.235. The van der Waals surface area contributed by atoms with Gasteiger partial charge in [0.15, 0.2) is 5.76 Å². The lowest BCUT2D eigenvalue weighted by Gasteiger charge is -2.06. The van der Waals surface area contributed by atoms with Crippen LogP contribution in [0.5, 0.6) is 0 Å². The first-order chi connectivity index (χ1) is 8.08. The van der Waals surface area contributed by atoms with E-state index >= 15 is 0 Å². The van der Waals surface area contributed by atoms with E-state index in [1.165, 1.54) is 0 Å². The summed E-state index contributed by atoms with van der Waals surface area (Å²) in [6.45, 7) is 1.77. The highest BCUT2D eigenvalue weighted by molar-refractivity contribution is 6.44. The van der Waals surface area contributed by atoms with E-state index in [9.17, 15) is 4.79 Å². The number of amides is 1. The largest absolute Gasteiger partial charge is 0.456 e. The lowest BCUT2D eigenvalue weighted by atomic mass is 10.3. The summed E-state index contributed by atoms with van der Waals surface area (Å²) in [6.07, 6.45) is 0. The molecule has 1 amide bonds. The standard InChI is InChI=1S/C12H9Cl2NO2/c1-7-5-6-10(17-7)12(16)15-9-4-2-3-8(13)11(9)14/h2-6H,1H3,(H,15,16). The van der Waals surface area contributed by atoms with Crippen molar-refractivity contribution in [2.45, 2.75) is 6.92 Å². The molecule has 0 aliphatic rings. The van der Waals surface area contributed by atoms with Gasteiger partial charge in [-0.05, 0) is 31.2 Å². The summed E-state index contributed by atoms with van der Waals surface area (Å²) in [4.78, 5) is 11.8. The van der Waals surface area contributed by atoms with Gasteiger partial charge in [-0.15, -0.1) is 0 Å². The van der Waals surface area contributed by atoms with Crippen molar-refractivity contribution in [1.82, 2.24) is 0 Å². The Morgan fingerprint density at radius 3 is 2.65 bits per heavy atom. The van der Waals surface area contributed by atoms with Crippen LogP contribution in [0.15, 0.2) is 34.7 Å². The van der Waals surface area contributed by atoms with Crippen molar-refractivity contribution in [3.05, 3.63) is 51.9 Å². The van der Waals surface area contributed by atoms with Gasteiger partial charge in [-0.1, -0.05) is 29.3 Å². The Balaban J connectivity index is 2.21. The predicted octanol–water partition coefficient (Wildman–Crippen LogP) is 4.15. The molecule has 0 bridgehead atoms. The Morgan fingerprint density at radius 2 is 2.00 bits per heavy atom. The molecule has 17 heavy (non-hydrogen) atoms. The van der Waals surface area contributed by atoms with Crippen LogP contribution >= 0.6 is 23.2 Å². The minimum atomic E-state index is -0.359. The van der Waals surface area contributed by atoms with E-state index < -0.39 is 0 Å². The van der Waals surface area contributed by atoms with Crippen molar-refractivity contribution >= 4 is 34.8 Å². The van der Waals surface area contributed by atoms with Crippen LogP contribution in [0.3, 0.4) is 0 Å².